The van der Waals surface area contributed by atoms with Crippen molar-refractivity contribution < 1.29 is 4.74 Å². The van der Waals surface area contributed by atoms with Gasteiger partial charge < -0.3 is 10.5 Å². The molecule has 0 aromatic heterocycles. The summed E-state index contributed by atoms with van der Waals surface area (Å²) in [4.78, 5) is 0. The largest absolute Gasteiger partial charge is 0.378 e. The minimum Gasteiger partial charge on any atom is -0.378 e. The molecule has 0 heterocycles. The minimum absolute atomic E-state index is 0.454. The van der Waals surface area contributed by atoms with Crippen LogP contribution in [0, 0.1) is 5.92 Å². The molecule has 2 atom stereocenters. The number of ether oxygens (including phenoxy) is 1. The van der Waals surface area contributed by atoms with Gasteiger partial charge in [0.15, 0.2) is 0 Å². The zero-order chi connectivity index (χ0) is 10.2. The van der Waals surface area contributed by atoms with Crippen LogP contribution in [0.25, 0.3) is 0 Å². The van der Waals surface area contributed by atoms with Crippen molar-refractivity contribution in [3.63, 3.8) is 0 Å². The molecule has 0 aromatic rings. The monoisotopic (exact) mass is 217 g/mol. The number of hydrogen-bond acceptors (Lipinski definition) is 3. The summed E-state index contributed by atoms with van der Waals surface area (Å²) in [7, 11) is 0. The molecule has 0 aliphatic heterocycles. The van der Waals surface area contributed by atoms with Crippen molar-refractivity contribution in [3.05, 3.63) is 0 Å². The van der Waals surface area contributed by atoms with Gasteiger partial charge in [0.2, 0.25) is 0 Å². The quantitative estimate of drug-likeness (QED) is 0.693. The van der Waals surface area contributed by atoms with Gasteiger partial charge >= 0.3 is 0 Å². The second-order valence-electron chi connectivity index (χ2n) is 4.04. The fourth-order valence-electron chi connectivity index (χ4n) is 2.10. The average molecular weight is 217 g/mol. The predicted molar refractivity (Wildman–Crippen MR) is 63.8 cm³/mol. The molecule has 1 fully saturated rings. The number of rotatable bonds is 6. The summed E-state index contributed by atoms with van der Waals surface area (Å²) < 4.78 is 5.90. The van der Waals surface area contributed by atoms with Crippen molar-refractivity contribution in [1.82, 2.24) is 0 Å². The van der Waals surface area contributed by atoms with E-state index in [2.05, 4.69) is 6.26 Å². The van der Waals surface area contributed by atoms with Crippen molar-refractivity contribution in [2.24, 2.45) is 11.7 Å². The van der Waals surface area contributed by atoms with Gasteiger partial charge in [-0.3, -0.25) is 0 Å². The van der Waals surface area contributed by atoms with E-state index in [9.17, 15) is 0 Å². The lowest BCUT2D eigenvalue weighted by molar-refractivity contribution is -0.00715. The van der Waals surface area contributed by atoms with Crippen LogP contribution in [0.3, 0.4) is 0 Å². The third kappa shape index (κ3) is 4.20. The van der Waals surface area contributed by atoms with E-state index in [1.807, 2.05) is 11.8 Å². The molecule has 84 valence electrons. The highest BCUT2D eigenvalue weighted by Crippen LogP contribution is 2.26. The lowest BCUT2D eigenvalue weighted by atomic mass is 9.86. The van der Waals surface area contributed by atoms with Gasteiger partial charge in [-0.1, -0.05) is 12.8 Å². The Morgan fingerprint density at radius 2 is 2.14 bits per heavy atom. The molecular formula is C11H23NOS. The summed E-state index contributed by atoms with van der Waals surface area (Å²) in [5.41, 5.74) is 5.74. The van der Waals surface area contributed by atoms with E-state index in [0.717, 1.165) is 13.2 Å². The molecule has 1 saturated carbocycles. The maximum absolute atomic E-state index is 5.90. The normalized spacial score (nSPS) is 27.9. The summed E-state index contributed by atoms with van der Waals surface area (Å²) in [5, 5.41) is 0. The summed E-state index contributed by atoms with van der Waals surface area (Å²) in [5.74, 6) is 1.83. The first-order chi connectivity index (χ1) is 6.88. The van der Waals surface area contributed by atoms with Crippen LogP contribution >= 0.6 is 11.8 Å². The first kappa shape index (κ1) is 12.3. The second-order valence-corrected chi connectivity index (χ2v) is 5.02. The molecule has 3 heteroatoms. The molecule has 2 N–H and O–H groups in total. The Morgan fingerprint density at radius 3 is 2.86 bits per heavy atom. The molecule has 1 rings (SSSR count). The van der Waals surface area contributed by atoms with Gasteiger partial charge in [0, 0.05) is 6.61 Å². The molecular weight excluding hydrogens is 194 g/mol. The molecule has 0 spiro atoms. The summed E-state index contributed by atoms with van der Waals surface area (Å²) in [6, 6.07) is 0. The highest BCUT2D eigenvalue weighted by Gasteiger charge is 2.23. The first-order valence-electron chi connectivity index (χ1n) is 5.69. The van der Waals surface area contributed by atoms with Gasteiger partial charge in [-0.2, -0.15) is 11.8 Å². The van der Waals surface area contributed by atoms with Crippen molar-refractivity contribution in [3.8, 4) is 0 Å². The minimum atomic E-state index is 0.454. The lowest BCUT2D eigenvalue weighted by Gasteiger charge is -2.30. The highest BCUT2D eigenvalue weighted by atomic mass is 32.2. The fourth-order valence-corrected chi connectivity index (χ4v) is 2.51. The Morgan fingerprint density at radius 1 is 1.36 bits per heavy atom. The Balaban J connectivity index is 2.13. The summed E-state index contributed by atoms with van der Waals surface area (Å²) >= 11 is 1.89. The molecule has 2 unspecified atom stereocenters. The molecule has 2 nitrogen and oxygen atoms in total. The Bertz CT molecular complexity index is 143. The van der Waals surface area contributed by atoms with Gasteiger partial charge in [0.25, 0.3) is 0 Å². The zero-order valence-electron chi connectivity index (χ0n) is 9.21. The molecule has 0 amide bonds. The predicted octanol–water partition coefficient (Wildman–Crippen LogP) is 2.27. The number of hydrogen-bond donors (Lipinski definition) is 1. The van der Waals surface area contributed by atoms with Gasteiger partial charge in [0.1, 0.15) is 0 Å². The van der Waals surface area contributed by atoms with Crippen LogP contribution in [-0.2, 0) is 4.74 Å². The van der Waals surface area contributed by atoms with Gasteiger partial charge in [-0.15, -0.1) is 0 Å². The van der Waals surface area contributed by atoms with Crippen LogP contribution in [0.15, 0.2) is 0 Å². The molecule has 0 bridgehead atoms. The van der Waals surface area contributed by atoms with Crippen LogP contribution in [0.2, 0.25) is 0 Å². The Kier molecular flexibility index (Phi) is 6.65. The summed E-state index contributed by atoms with van der Waals surface area (Å²) in [6.07, 6.45) is 8.93. The Hall–Kier alpha value is 0.270. The summed E-state index contributed by atoms with van der Waals surface area (Å²) in [6.45, 7) is 1.72. The third-order valence-electron chi connectivity index (χ3n) is 2.97. The van der Waals surface area contributed by atoms with Crippen molar-refractivity contribution in [2.75, 3.05) is 25.2 Å². The van der Waals surface area contributed by atoms with E-state index in [-0.39, 0.29) is 0 Å². The maximum atomic E-state index is 5.90. The van der Waals surface area contributed by atoms with Crippen LogP contribution in [0.5, 0.6) is 0 Å². The first-order valence-corrected chi connectivity index (χ1v) is 7.08. The van der Waals surface area contributed by atoms with Crippen LogP contribution < -0.4 is 5.73 Å². The zero-order valence-corrected chi connectivity index (χ0v) is 10.0. The van der Waals surface area contributed by atoms with E-state index in [0.29, 0.717) is 12.0 Å². The topological polar surface area (TPSA) is 35.2 Å². The van der Waals surface area contributed by atoms with E-state index >= 15 is 0 Å². The van der Waals surface area contributed by atoms with Crippen LogP contribution in [0.1, 0.15) is 32.1 Å². The second kappa shape index (κ2) is 7.55. The van der Waals surface area contributed by atoms with Gasteiger partial charge in [0.05, 0.1) is 6.10 Å². The number of nitrogens with two attached hydrogens (primary N) is 1. The third-order valence-corrected chi connectivity index (χ3v) is 3.66. The molecule has 1 aliphatic carbocycles. The SMILES string of the molecule is CSCCCOC1CCCCC1CN. The van der Waals surface area contributed by atoms with Crippen LogP contribution in [0.4, 0.5) is 0 Å². The van der Waals surface area contributed by atoms with E-state index in [1.54, 1.807) is 0 Å². The highest BCUT2D eigenvalue weighted by molar-refractivity contribution is 7.98. The van der Waals surface area contributed by atoms with Crippen molar-refractivity contribution >= 4 is 11.8 Å². The smallest absolute Gasteiger partial charge is 0.0615 e. The van der Waals surface area contributed by atoms with Crippen molar-refractivity contribution in [1.29, 1.82) is 0 Å². The fraction of sp³-hybridized carbons (Fsp3) is 1.00. The van der Waals surface area contributed by atoms with Gasteiger partial charge in [-0.25, -0.2) is 0 Å². The van der Waals surface area contributed by atoms with Crippen molar-refractivity contribution in [2.45, 2.75) is 38.2 Å². The van der Waals surface area contributed by atoms with Gasteiger partial charge in [-0.05, 0) is 43.7 Å². The lowest BCUT2D eigenvalue weighted by Crippen LogP contribution is -2.33. The average Bonchev–Trinajstić information content (AvgIpc) is 2.25. The van der Waals surface area contributed by atoms with Crippen LogP contribution in [-0.4, -0.2) is 31.3 Å². The van der Waals surface area contributed by atoms with E-state index < -0.39 is 0 Å². The number of thioether (sulfide) groups is 1. The molecule has 0 radical (unpaired) electrons. The molecule has 0 aromatic carbocycles. The molecule has 0 saturated heterocycles. The standard InChI is InChI=1S/C11H23NOS/c1-14-8-4-7-13-11-6-3-2-5-10(11)9-12/h10-11H,2-9,12H2,1H3. The Labute approximate surface area is 92.0 Å². The maximum Gasteiger partial charge on any atom is 0.0615 e. The van der Waals surface area contributed by atoms with E-state index in [1.165, 1.54) is 37.9 Å². The molecule has 1 aliphatic rings. The molecule has 14 heavy (non-hydrogen) atoms. The van der Waals surface area contributed by atoms with E-state index in [4.69, 9.17) is 10.5 Å².